The summed E-state index contributed by atoms with van der Waals surface area (Å²) >= 11 is 5.81. The second-order valence-electron chi connectivity index (χ2n) is 6.89. The summed E-state index contributed by atoms with van der Waals surface area (Å²) < 4.78 is 43.6. The van der Waals surface area contributed by atoms with Gasteiger partial charge in [0.05, 0.1) is 24.0 Å². The van der Waals surface area contributed by atoms with Crippen LogP contribution in [0.5, 0.6) is 0 Å². The summed E-state index contributed by atoms with van der Waals surface area (Å²) in [6.07, 6.45) is -0.843. The summed E-state index contributed by atoms with van der Waals surface area (Å²) in [6.45, 7) is 0.595. The van der Waals surface area contributed by atoms with Crippen LogP contribution >= 0.6 is 11.6 Å². The molecule has 1 N–H and O–H groups in total. The lowest BCUT2D eigenvalue weighted by Crippen LogP contribution is -2.26. The van der Waals surface area contributed by atoms with Gasteiger partial charge in [0.25, 0.3) is 5.91 Å². The van der Waals surface area contributed by atoms with Crippen molar-refractivity contribution in [1.82, 2.24) is 29.9 Å². The highest BCUT2D eigenvalue weighted by Gasteiger charge is 2.40. The maximum absolute atomic E-state index is 13.8. The summed E-state index contributed by atoms with van der Waals surface area (Å²) in [6, 6.07) is 13.0. The summed E-state index contributed by atoms with van der Waals surface area (Å²) in [5.41, 5.74) is 0.132. The summed E-state index contributed by atoms with van der Waals surface area (Å²) in [5.74, 6) is -0.871. The Morgan fingerprint density at radius 1 is 1.00 bits per heavy atom. The number of benzene rings is 2. The van der Waals surface area contributed by atoms with E-state index in [4.69, 9.17) is 11.6 Å². The number of carbonyl (C=O) groups excluding carboxylic acids is 1. The van der Waals surface area contributed by atoms with Gasteiger partial charge in [-0.3, -0.25) is 4.79 Å². The minimum absolute atomic E-state index is 0.0614. The van der Waals surface area contributed by atoms with E-state index >= 15 is 0 Å². The standard InChI is InChI=1S/C21H16ClF3N6O/c22-16-5-7-17(8-6-16)31-19(21(23,24)25)18(10-28-31)20(32)27-9-14-1-3-15(4-2-14)11-30-13-26-12-29-30/h1-8,10,12-13H,9,11H2,(H,27,32). The second-order valence-corrected chi connectivity index (χ2v) is 7.32. The highest BCUT2D eigenvalue weighted by atomic mass is 35.5. The molecule has 0 fully saturated rings. The molecule has 7 nitrogen and oxygen atoms in total. The minimum atomic E-state index is -4.79. The molecule has 0 aliphatic carbocycles. The number of nitrogens with one attached hydrogen (secondary N) is 1. The predicted molar refractivity (Wildman–Crippen MR) is 110 cm³/mol. The van der Waals surface area contributed by atoms with Crippen LogP contribution in [-0.4, -0.2) is 30.5 Å². The van der Waals surface area contributed by atoms with E-state index in [0.29, 0.717) is 16.2 Å². The highest BCUT2D eigenvalue weighted by molar-refractivity contribution is 6.30. The van der Waals surface area contributed by atoms with E-state index in [1.54, 1.807) is 23.1 Å². The molecule has 0 saturated heterocycles. The van der Waals surface area contributed by atoms with Gasteiger partial charge < -0.3 is 5.32 Å². The van der Waals surface area contributed by atoms with E-state index in [2.05, 4.69) is 20.5 Å². The third-order valence-corrected chi connectivity index (χ3v) is 4.89. The van der Waals surface area contributed by atoms with Crippen molar-refractivity contribution in [3.8, 4) is 5.69 Å². The molecule has 0 spiro atoms. The fourth-order valence-corrected chi connectivity index (χ4v) is 3.23. The SMILES string of the molecule is O=C(NCc1ccc(Cn2cncn2)cc1)c1cnn(-c2ccc(Cl)cc2)c1C(F)(F)F. The molecule has 0 radical (unpaired) electrons. The molecule has 2 heterocycles. The average Bonchev–Trinajstić information content (AvgIpc) is 3.43. The Morgan fingerprint density at radius 2 is 1.69 bits per heavy atom. The number of hydrogen-bond donors (Lipinski definition) is 1. The van der Waals surface area contributed by atoms with Crippen LogP contribution in [-0.2, 0) is 19.3 Å². The molecule has 0 atom stereocenters. The third-order valence-electron chi connectivity index (χ3n) is 4.64. The van der Waals surface area contributed by atoms with Gasteiger partial charge in [-0.15, -0.1) is 0 Å². The monoisotopic (exact) mass is 460 g/mol. The van der Waals surface area contributed by atoms with E-state index in [1.807, 2.05) is 12.1 Å². The molecule has 11 heteroatoms. The lowest BCUT2D eigenvalue weighted by molar-refractivity contribution is -0.143. The van der Waals surface area contributed by atoms with Crippen molar-refractivity contribution in [3.63, 3.8) is 0 Å². The fraction of sp³-hybridized carbons (Fsp3) is 0.143. The van der Waals surface area contributed by atoms with Crippen molar-refractivity contribution in [3.05, 3.63) is 94.8 Å². The first-order chi connectivity index (χ1) is 15.3. The number of halogens is 4. The molecular formula is C21H16ClF3N6O. The van der Waals surface area contributed by atoms with Crippen LogP contribution in [0.25, 0.3) is 5.69 Å². The second kappa shape index (κ2) is 8.83. The van der Waals surface area contributed by atoms with Crippen LogP contribution in [0, 0.1) is 0 Å². The third kappa shape index (κ3) is 4.80. The smallest absolute Gasteiger partial charge is 0.348 e. The van der Waals surface area contributed by atoms with Crippen LogP contribution in [0.15, 0.2) is 67.4 Å². The van der Waals surface area contributed by atoms with Crippen molar-refractivity contribution in [2.75, 3.05) is 0 Å². The summed E-state index contributed by atoms with van der Waals surface area (Å²) in [4.78, 5) is 16.4. The maximum atomic E-state index is 13.8. The Morgan fingerprint density at radius 3 is 2.31 bits per heavy atom. The highest BCUT2D eigenvalue weighted by Crippen LogP contribution is 2.33. The molecule has 4 aromatic rings. The average molecular weight is 461 g/mol. The van der Waals surface area contributed by atoms with Gasteiger partial charge in [-0.05, 0) is 35.4 Å². The van der Waals surface area contributed by atoms with Crippen LogP contribution < -0.4 is 5.32 Å². The topological polar surface area (TPSA) is 77.6 Å². The minimum Gasteiger partial charge on any atom is -0.348 e. The van der Waals surface area contributed by atoms with Crippen LogP contribution in [0.1, 0.15) is 27.2 Å². The largest absolute Gasteiger partial charge is 0.434 e. The Labute approximate surface area is 185 Å². The van der Waals surface area contributed by atoms with E-state index < -0.39 is 23.3 Å². The first kappa shape index (κ1) is 21.6. The molecule has 2 aromatic carbocycles. The molecular weight excluding hydrogens is 445 g/mol. The zero-order valence-corrected chi connectivity index (χ0v) is 17.2. The molecule has 0 aliphatic heterocycles. The predicted octanol–water partition coefficient (Wildman–Crippen LogP) is 4.11. The van der Waals surface area contributed by atoms with Crippen molar-refractivity contribution in [2.45, 2.75) is 19.3 Å². The quantitative estimate of drug-likeness (QED) is 0.469. The number of carbonyl (C=O) groups is 1. The van der Waals surface area contributed by atoms with Gasteiger partial charge in [0.2, 0.25) is 0 Å². The number of hydrogen-bond acceptors (Lipinski definition) is 4. The number of aromatic nitrogens is 5. The van der Waals surface area contributed by atoms with E-state index in [1.165, 1.54) is 30.6 Å². The van der Waals surface area contributed by atoms with E-state index in [-0.39, 0.29) is 12.2 Å². The molecule has 1 amide bonds. The van der Waals surface area contributed by atoms with E-state index in [9.17, 15) is 18.0 Å². The van der Waals surface area contributed by atoms with Gasteiger partial charge in [0.1, 0.15) is 12.7 Å². The maximum Gasteiger partial charge on any atom is 0.434 e. The van der Waals surface area contributed by atoms with Crippen molar-refractivity contribution < 1.29 is 18.0 Å². The Kier molecular flexibility index (Phi) is 5.95. The zero-order valence-electron chi connectivity index (χ0n) is 16.4. The number of nitrogens with zero attached hydrogens (tertiary/aromatic N) is 5. The molecule has 0 aliphatic rings. The van der Waals surface area contributed by atoms with E-state index in [0.717, 1.165) is 17.3 Å². The fourth-order valence-electron chi connectivity index (χ4n) is 3.11. The van der Waals surface area contributed by atoms with Gasteiger partial charge in [-0.25, -0.2) is 14.3 Å². The zero-order chi connectivity index (χ0) is 22.7. The van der Waals surface area contributed by atoms with Crippen LogP contribution in [0.2, 0.25) is 5.02 Å². The van der Waals surface area contributed by atoms with Crippen LogP contribution in [0.4, 0.5) is 13.2 Å². The molecule has 164 valence electrons. The van der Waals surface area contributed by atoms with Gasteiger partial charge in [-0.1, -0.05) is 35.9 Å². The Balaban J connectivity index is 1.49. The summed E-state index contributed by atoms with van der Waals surface area (Å²) in [5, 5.41) is 10.7. The molecule has 4 rings (SSSR count). The lowest BCUT2D eigenvalue weighted by atomic mass is 10.1. The number of alkyl halides is 3. The van der Waals surface area contributed by atoms with Gasteiger partial charge >= 0.3 is 6.18 Å². The molecule has 0 saturated carbocycles. The van der Waals surface area contributed by atoms with Crippen molar-refractivity contribution in [1.29, 1.82) is 0 Å². The van der Waals surface area contributed by atoms with Crippen LogP contribution in [0.3, 0.4) is 0 Å². The summed E-state index contributed by atoms with van der Waals surface area (Å²) in [7, 11) is 0. The Hall–Kier alpha value is -3.66. The lowest BCUT2D eigenvalue weighted by Gasteiger charge is -2.13. The number of amides is 1. The first-order valence-corrected chi connectivity index (χ1v) is 9.78. The van der Waals surface area contributed by atoms with Crippen molar-refractivity contribution in [2.24, 2.45) is 0 Å². The van der Waals surface area contributed by atoms with Gasteiger partial charge in [0, 0.05) is 11.6 Å². The normalized spacial score (nSPS) is 11.5. The molecule has 32 heavy (non-hydrogen) atoms. The van der Waals surface area contributed by atoms with Gasteiger partial charge in [-0.2, -0.15) is 23.4 Å². The van der Waals surface area contributed by atoms with Gasteiger partial charge in [0.15, 0.2) is 5.69 Å². The number of rotatable bonds is 6. The molecule has 0 bridgehead atoms. The molecule has 0 unspecified atom stereocenters. The van der Waals surface area contributed by atoms with Crippen molar-refractivity contribution >= 4 is 17.5 Å². The molecule has 2 aromatic heterocycles. The first-order valence-electron chi connectivity index (χ1n) is 9.41. The Bertz CT molecular complexity index is 1200.